The average molecular weight is 554 g/mol. The van der Waals surface area contributed by atoms with E-state index in [1.807, 2.05) is 51.2 Å². The van der Waals surface area contributed by atoms with Crippen molar-refractivity contribution in [2.75, 3.05) is 31.5 Å². The molecule has 3 aromatic rings. The Bertz CT molecular complexity index is 1330. The summed E-state index contributed by atoms with van der Waals surface area (Å²) in [7, 11) is 0. The van der Waals surface area contributed by atoms with E-state index in [0.29, 0.717) is 42.8 Å². The van der Waals surface area contributed by atoms with Gasteiger partial charge in [-0.25, -0.2) is 19.6 Å². The third-order valence-electron chi connectivity index (χ3n) is 7.14. The van der Waals surface area contributed by atoms with Crippen LogP contribution in [-0.4, -0.2) is 80.7 Å². The van der Waals surface area contributed by atoms with Gasteiger partial charge in [-0.2, -0.15) is 0 Å². The number of urea groups is 1. The van der Waals surface area contributed by atoms with E-state index >= 15 is 0 Å². The molecule has 5 rings (SSSR count). The van der Waals surface area contributed by atoms with Crippen LogP contribution in [0.2, 0.25) is 5.02 Å². The number of carbonyl (C=O) groups excluding carboxylic acids is 2. The number of piperazine rings is 1. The highest BCUT2D eigenvalue weighted by Crippen LogP contribution is 2.32. The number of hydrogen-bond donors (Lipinski definition) is 3. The number of hydrogen-bond acceptors (Lipinski definition) is 6. The summed E-state index contributed by atoms with van der Waals surface area (Å²) in [5, 5.41) is 8.20. The van der Waals surface area contributed by atoms with E-state index in [-0.39, 0.29) is 24.2 Å². The summed E-state index contributed by atoms with van der Waals surface area (Å²) >= 11 is 6.49. The molecule has 2 atom stereocenters. The molecule has 10 nitrogen and oxygen atoms in total. The SMILES string of the molecule is CC(C)(C)OC(=O)N1CCN(C(=O)NC2CCCC(Nc3ncc(Cl)c(-c4c[nH]c5ccccc45)n3)C2)CC1. The lowest BCUT2D eigenvalue weighted by molar-refractivity contribution is 0.0168. The minimum Gasteiger partial charge on any atom is -0.444 e. The van der Waals surface area contributed by atoms with Gasteiger partial charge in [0.1, 0.15) is 5.60 Å². The number of aromatic nitrogens is 3. The van der Waals surface area contributed by atoms with Gasteiger partial charge in [-0.15, -0.1) is 0 Å². The van der Waals surface area contributed by atoms with E-state index in [1.54, 1.807) is 16.0 Å². The highest BCUT2D eigenvalue weighted by atomic mass is 35.5. The van der Waals surface area contributed by atoms with Crippen molar-refractivity contribution in [1.82, 2.24) is 30.1 Å². The minimum absolute atomic E-state index is 0.0491. The quantitative estimate of drug-likeness (QED) is 0.406. The summed E-state index contributed by atoms with van der Waals surface area (Å²) in [6.07, 6.45) is 6.87. The van der Waals surface area contributed by atoms with E-state index in [1.165, 1.54) is 0 Å². The lowest BCUT2D eigenvalue weighted by Crippen LogP contribution is -2.55. The number of ether oxygens (including phenoxy) is 1. The summed E-state index contributed by atoms with van der Waals surface area (Å²) in [5.41, 5.74) is 2.10. The van der Waals surface area contributed by atoms with Gasteiger partial charge in [0.2, 0.25) is 5.95 Å². The van der Waals surface area contributed by atoms with Gasteiger partial charge in [0.25, 0.3) is 0 Å². The molecule has 39 heavy (non-hydrogen) atoms. The minimum atomic E-state index is -0.536. The van der Waals surface area contributed by atoms with Crippen molar-refractivity contribution in [3.05, 3.63) is 41.7 Å². The molecule has 2 unspecified atom stereocenters. The average Bonchev–Trinajstić information content (AvgIpc) is 3.33. The Morgan fingerprint density at radius 1 is 1.08 bits per heavy atom. The standard InChI is InChI=1S/C28H36ClN7O3/c1-28(2,3)39-27(38)36-13-11-35(12-14-36)26(37)33-19-8-6-7-18(15-19)32-25-31-17-22(29)24(34-25)21-16-30-23-10-5-4-9-20(21)23/h4-5,9-10,16-19,30H,6-8,11-15H2,1-3H3,(H,33,37)(H,31,32,34). The second-order valence-corrected chi connectivity index (χ2v) is 11.7. The van der Waals surface area contributed by atoms with Crippen LogP contribution >= 0.6 is 11.6 Å². The van der Waals surface area contributed by atoms with Gasteiger partial charge in [0, 0.05) is 60.9 Å². The maximum absolute atomic E-state index is 13.0. The fraction of sp³-hybridized carbons (Fsp3) is 0.500. The van der Waals surface area contributed by atoms with Crippen molar-refractivity contribution >= 4 is 40.6 Å². The van der Waals surface area contributed by atoms with Gasteiger partial charge in [0.05, 0.1) is 16.9 Å². The topological polar surface area (TPSA) is 115 Å². The molecular weight excluding hydrogens is 518 g/mol. The largest absolute Gasteiger partial charge is 0.444 e. The van der Waals surface area contributed by atoms with Crippen LogP contribution in [0.5, 0.6) is 0 Å². The lowest BCUT2D eigenvalue weighted by atomic mass is 9.91. The Hall–Kier alpha value is -3.53. The second kappa shape index (κ2) is 11.3. The molecule has 1 saturated heterocycles. The predicted octanol–water partition coefficient (Wildman–Crippen LogP) is 5.26. The first kappa shape index (κ1) is 27.1. The molecule has 1 saturated carbocycles. The Kier molecular flexibility index (Phi) is 7.83. The van der Waals surface area contributed by atoms with Crippen LogP contribution in [0, 0.1) is 0 Å². The zero-order valence-electron chi connectivity index (χ0n) is 22.7. The van der Waals surface area contributed by atoms with Crippen molar-refractivity contribution in [2.45, 2.75) is 64.1 Å². The van der Waals surface area contributed by atoms with Gasteiger partial charge < -0.3 is 30.2 Å². The van der Waals surface area contributed by atoms with Crippen molar-refractivity contribution < 1.29 is 14.3 Å². The Morgan fingerprint density at radius 2 is 1.79 bits per heavy atom. The van der Waals surface area contributed by atoms with Crippen LogP contribution in [0.4, 0.5) is 15.5 Å². The first-order valence-electron chi connectivity index (χ1n) is 13.6. The molecule has 3 N–H and O–H groups in total. The smallest absolute Gasteiger partial charge is 0.410 e. The number of nitrogens with one attached hydrogen (secondary N) is 3. The van der Waals surface area contributed by atoms with Gasteiger partial charge in [-0.3, -0.25) is 0 Å². The lowest BCUT2D eigenvalue weighted by Gasteiger charge is -2.37. The van der Waals surface area contributed by atoms with E-state index in [9.17, 15) is 9.59 Å². The van der Waals surface area contributed by atoms with Gasteiger partial charge in [-0.1, -0.05) is 29.8 Å². The van der Waals surface area contributed by atoms with Crippen LogP contribution in [0.1, 0.15) is 46.5 Å². The third-order valence-corrected chi connectivity index (χ3v) is 7.42. The number of anilines is 1. The van der Waals surface area contributed by atoms with Crippen LogP contribution in [0.3, 0.4) is 0 Å². The summed E-state index contributed by atoms with van der Waals surface area (Å²) in [5.74, 6) is 0.523. The zero-order valence-corrected chi connectivity index (χ0v) is 23.4. The number of carbonyl (C=O) groups is 2. The monoisotopic (exact) mass is 553 g/mol. The van der Waals surface area contributed by atoms with E-state index in [0.717, 1.165) is 42.1 Å². The number of H-pyrrole nitrogens is 1. The van der Waals surface area contributed by atoms with Gasteiger partial charge >= 0.3 is 12.1 Å². The molecule has 1 aliphatic heterocycles. The number of aromatic amines is 1. The summed E-state index contributed by atoms with van der Waals surface area (Å²) in [4.78, 5) is 41.2. The maximum Gasteiger partial charge on any atom is 0.410 e. The first-order valence-corrected chi connectivity index (χ1v) is 13.9. The molecular formula is C28H36ClN7O3. The maximum atomic E-state index is 13.0. The normalized spacial score (nSPS) is 20.1. The molecule has 3 amide bonds. The molecule has 2 aliphatic rings. The number of benzene rings is 1. The fourth-order valence-corrected chi connectivity index (χ4v) is 5.40. The molecule has 1 aromatic carbocycles. The Morgan fingerprint density at radius 3 is 2.56 bits per heavy atom. The predicted molar refractivity (Wildman–Crippen MR) is 152 cm³/mol. The highest BCUT2D eigenvalue weighted by Gasteiger charge is 2.30. The van der Waals surface area contributed by atoms with Crippen LogP contribution in [0.25, 0.3) is 22.2 Å². The van der Waals surface area contributed by atoms with E-state index in [4.69, 9.17) is 21.3 Å². The van der Waals surface area contributed by atoms with E-state index < -0.39 is 5.60 Å². The molecule has 1 aliphatic carbocycles. The molecule has 11 heteroatoms. The van der Waals surface area contributed by atoms with Gasteiger partial charge in [0.15, 0.2) is 0 Å². The second-order valence-electron chi connectivity index (χ2n) is 11.2. The Balaban J connectivity index is 1.16. The number of nitrogens with zero attached hydrogens (tertiary/aromatic N) is 4. The summed E-state index contributed by atoms with van der Waals surface area (Å²) < 4.78 is 5.45. The number of fused-ring (bicyclic) bond motifs is 1. The van der Waals surface area contributed by atoms with Crippen LogP contribution in [0.15, 0.2) is 36.7 Å². The number of halogens is 1. The molecule has 0 spiro atoms. The zero-order chi connectivity index (χ0) is 27.6. The van der Waals surface area contributed by atoms with Crippen LogP contribution < -0.4 is 10.6 Å². The Labute approximate surface area is 233 Å². The number of amides is 3. The van der Waals surface area contributed by atoms with Crippen molar-refractivity contribution in [3.8, 4) is 11.3 Å². The molecule has 2 aromatic heterocycles. The highest BCUT2D eigenvalue weighted by molar-refractivity contribution is 6.33. The van der Waals surface area contributed by atoms with Crippen molar-refractivity contribution in [1.29, 1.82) is 0 Å². The molecule has 3 heterocycles. The van der Waals surface area contributed by atoms with Crippen molar-refractivity contribution in [3.63, 3.8) is 0 Å². The molecule has 0 radical (unpaired) electrons. The first-order chi connectivity index (χ1) is 18.7. The van der Waals surface area contributed by atoms with E-state index in [2.05, 4.69) is 20.6 Å². The van der Waals surface area contributed by atoms with Gasteiger partial charge in [-0.05, 0) is 52.5 Å². The summed E-state index contributed by atoms with van der Waals surface area (Å²) in [6, 6.07) is 8.13. The van der Waals surface area contributed by atoms with Crippen LogP contribution in [-0.2, 0) is 4.74 Å². The molecule has 208 valence electrons. The number of para-hydroxylation sites is 1. The third kappa shape index (κ3) is 6.55. The molecule has 0 bridgehead atoms. The summed E-state index contributed by atoms with van der Waals surface area (Å²) in [6.45, 7) is 7.44. The fourth-order valence-electron chi connectivity index (χ4n) is 5.21. The number of rotatable bonds is 4. The van der Waals surface area contributed by atoms with Crippen molar-refractivity contribution in [2.24, 2.45) is 0 Å². The molecule has 2 fully saturated rings.